The number of thioether (sulfide) groups is 1. The summed E-state index contributed by atoms with van der Waals surface area (Å²) in [6.45, 7) is 4.87. The van der Waals surface area contributed by atoms with E-state index in [-0.39, 0.29) is 11.2 Å². The van der Waals surface area contributed by atoms with Crippen molar-refractivity contribution in [3.8, 4) is 0 Å². The Bertz CT molecular complexity index is 1710. The zero-order valence-corrected chi connectivity index (χ0v) is 20.6. The first-order valence-electron chi connectivity index (χ1n) is 12.1. The van der Waals surface area contributed by atoms with Gasteiger partial charge >= 0.3 is 5.63 Å². The second kappa shape index (κ2) is 8.68. The summed E-state index contributed by atoms with van der Waals surface area (Å²) in [5, 5.41) is 11.2. The molecule has 0 amide bonds. The normalized spacial score (nSPS) is 13.5. The predicted octanol–water partition coefficient (Wildman–Crippen LogP) is 4.98. The molecule has 3 heterocycles. The molecule has 0 saturated heterocycles. The first kappa shape index (κ1) is 22.1. The van der Waals surface area contributed by atoms with Crippen LogP contribution in [0.5, 0.6) is 0 Å². The lowest BCUT2D eigenvalue weighted by molar-refractivity contribution is 0.512. The lowest BCUT2D eigenvalue weighted by Gasteiger charge is -2.12. The largest absolute Gasteiger partial charge is 0.423 e. The number of fused-ring (bicyclic) bond motifs is 5. The van der Waals surface area contributed by atoms with Crippen molar-refractivity contribution in [1.82, 2.24) is 19.2 Å². The smallest absolute Gasteiger partial charge is 0.336 e. The number of aromatic nitrogens is 4. The Kier molecular flexibility index (Phi) is 5.48. The molecule has 1 aliphatic carbocycles. The Balaban J connectivity index is 1.44. The lowest BCUT2D eigenvalue weighted by atomic mass is 10.0. The average molecular weight is 487 g/mol. The number of rotatable bonds is 6. The third-order valence-corrected chi connectivity index (χ3v) is 7.79. The molecule has 0 spiro atoms. The van der Waals surface area contributed by atoms with E-state index >= 15 is 0 Å². The number of hydrogen-bond acceptors (Lipinski definition) is 6. The summed E-state index contributed by atoms with van der Waals surface area (Å²) in [7, 11) is 0. The fourth-order valence-electron chi connectivity index (χ4n) is 4.97. The maximum atomic E-state index is 13.3. The zero-order chi connectivity index (χ0) is 24.1. The van der Waals surface area contributed by atoms with E-state index in [2.05, 4.69) is 30.1 Å². The molecule has 2 aromatic carbocycles. The van der Waals surface area contributed by atoms with Crippen molar-refractivity contribution in [2.45, 2.75) is 57.0 Å². The van der Waals surface area contributed by atoms with Crippen molar-refractivity contribution in [3.05, 3.63) is 79.9 Å². The maximum Gasteiger partial charge on any atom is 0.336 e. The molecule has 0 bridgehead atoms. The fourth-order valence-corrected chi connectivity index (χ4v) is 5.90. The van der Waals surface area contributed by atoms with Crippen LogP contribution < -0.4 is 11.2 Å². The molecule has 7 nitrogen and oxygen atoms in total. The summed E-state index contributed by atoms with van der Waals surface area (Å²) in [4.78, 5) is 25.6. The van der Waals surface area contributed by atoms with Crippen LogP contribution in [0.15, 0.2) is 61.6 Å². The van der Waals surface area contributed by atoms with Crippen LogP contribution in [-0.2, 0) is 25.1 Å². The van der Waals surface area contributed by atoms with Crippen molar-refractivity contribution in [1.29, 1.82) is 0 Å². The fraction of sp³-hybridized carbons (Fsp3) is 0.333. The van der Waals surface area contributed by atoms with Gasteiger partial charge in [0.25, 0.3) is 5.56 Å². The second-order valence-corrected chi connectivity index (χ2v) is 10.6. The Morgan fingerprint density at radius 1 is 1.03 bits per heavy atom. The lowest BCUT2D eigenvalue weighted by Crippen LogP contribution is -2.24. The topological polar surface area (TPSA) is 82.4 Å². The van der Waals surface area contributed by atoms with Gasteiger partial charge in [-0.15, -0.1) is 10.2 Å². The summed E-state index contributed by atoms with van der Waals surface area (Å²) in [5.41, 5.74) is 4.59. The molecule has 8 heteroatoms. The summed E-state index contributed by atoms with van der Waals surface area (Å²) >= 11 is 1.51. The van der Waals surface area contributed by atoms with E-state index < -0.39 is 0 Å². The number of aryl methyl sites for hydroxylation is 3. The minimum atomic E-state index is -0.342. The highest BCUT2D eigenvalue weighted by Gasteiger charge is 2.19. The molecular weight excluding hydrogens is 460 g/mol. The van der Waals surface area contributed by atoms with Crippen LogP contribution in [0.25, 0.3) is 27.6 Å². The molecule has 0 aliphatic heterocycles. The van der Waals surface area contributed by atoms with Crippen LogP contribution in [0, 0.1) is 5.92 Å². The van der Waals surface area contributed by atoms with E-state index in [0.29, 0.717) is 40.1 Å². The average Bonchev–Trinajstić information content (AvgIpc) is 3.47. The van der Waals surface area contributed by atoms with Gasteiger partial charge in [0, 0.05) is 23.8 Å². The van der Waals surface area contributed by atoms with Crippen LogP contribution >= 0.6 is 11.8 Å². The molecule has 178 valence electrons. The first-order chi connectivity index (χ1) is 17.0. The van der Waals surface area contributed by atoms with Crippen molar-refractivity contribution >= 4 is 39.4 Å². The van der Waals surface area contributed by atoms with E-state index in [1.807, 2.05) is 34.7 Å². The van der Waals surface area contributed by atoms with Crippen molar-refractivity contribution in [2.75, 3.05) is 0 Å². The molecule has 5 aromatic rings. The minimum absolute atomic E-state index is 0.0433. The van der Waals surface area contributed by atoms with Gasteiger partial charge < -0.3 is 4.42 Å². The molecule has 0 unspecified atom stereocenters. The molecule has 0 radical (unpaired) electrons. The maximum absolute atomic E-state index is 13.3. The third-order valence-electron chi connectivity index (χ3n) is 6.81. The molecule has 0 atom stereocenters. The zero-order valence-electron chi connectivity index (χ0n) is 19.8. The number of para-hydroxylation sites is 1. The van der Waals surface area contributed by atoms with Gasteiger partial charge in [0.2, 0.25) is 5.78 Å². The van der Waals surface area contributed by atoms with Crippen molar-refractivity contribution in [3.63, 3.8) is 0 Å². The standard InChI is InChI=1S/C27H26N4O3S/c1-16(2)10-11-30-25(33)20-8-3-4-9-22(20)31-26(30)28-29-27(31)35-15-19-14-24(32)34-23-13-18-7-5-6-17(18)12-21(19)23/h3-4,8-9,12-14,16H,5-7,10-11,15H2,1-2H3. The molecule has 0 saturated carbocycles. The van der Waals surface area contributed by atoms with Crippen molar-refractivity contribution < 1.29 is 4.42 Å². The Hall–Kier alpha value is -3.39. The number of benzene rings is 2. The SMILES string of the molecule is CC(C)CCn1c(=O)c2ccccc2n2c(SCc3cc(=O)oc4cc5c(cc34)CCC5)nnc12. The van der Waals surface area contributed by atoms with Crippen LogP contribution in [0.2, 0.25) is 0 Å². The van der Waals surface area contributed by atoms with Gasteiger partial charge in [0.15, 0.2) is 5.16 Å². The number of hydrogen-bond donors (Lipinski definition) is 0. The van der Waals surface area contributed by atoms with Crippen molar-refractivity contribution in [2.24, 2.45) is 5.92 Å². The van der Waals surface area contributed by atoms with Gasteiger partial charge in [0.1, 0.15) is 5.58 Å². The Morgan fingerprint density at radius 3 is 2.66 bits per heavy atom. The monoisotopic (exact) mass is 486 g/mol. The van der Waals surface area contributed by atoms with E-state index in [9.17, 15) is 9.59 Å². The number of nitrogens with zero attached hydrogens (tertiary/aromatic N) is 4. The van der Waals surface area contributed by atoms with Gasteiger partial charge in [-0.1, -0.05) is 37.7 Å². The summed E-state index contributed by atoms with van der Waals surface area (Å²) in [5.74, 6) is 1.55. The molecule has 35 heavy (non-hydrogen) atoms. The molecule has 6 rings (SSSR count). The molecule has 1 aliphatic rings. The van der Waals surface area contributed by atoms with Gasteiger partial charge in [-0.3, -0.25) is 13.8 Å². The summed E-state index contributed by atoms with van der Waals surface area (Å²) in [6, 6.07) is 13.4. The van der Waals surface area contributed by atoms with E-state index in [1.165, 1.54) is 22.9 Å². The molecule has 0 N–H and O–H groups in total. The van der Waals surface area contributed by atoms with Gasteiger partial charge in [-0.05, 0) is 72.6 Å². The predicted molar refractivity (Wildman–Crippen MR) is 138 cm³/mol. The minimum Gasteiger partial charge on any atom is -0.423 e. The van der Waals surface area contributed by atoms with Crippen LogP contribution in [0.4, 0.5) is 0 Å². The highest BCUT2D eigenvalue weighted by molar-refractivity contribution is 7.98. The molecule has 3 aromatic heterocycles. The molecular formula is C27H26N4O3S. The third kappa shape index (κ3) is 3.86. The highest BCUT2D eigenvalue weighted by Crippen LogP contribution is 2.31. The highest BCUT2D eigenvalue weighted by atomic mass is 32.2. The Morgan fingerprint density at radius 2 is 1.83 bits per heavy atom. The molecule has 0 fully saturated rings. The van der Waals surface area contributed by atoms with E-state index in [1.54, 1.807) is 10.6 Å². The van der Waals surface area contributed by atoms with Gasteiger partial charge in [0.05, 0.1) is 10.9 Å². The first-order valence-corrected chi connectivity index (χ1v) is 13.1. The second-order valence-electron chi connectivity index (χ2n) is 9.62. The van der Waals surface area contributed by atoms with Gasteiger partial charge in [-0.25, -0.2) is 4.79 Å². The Labute approximate surface area is 205 Å². The van der Waals surface area contributed by atoms with Crippen LogP contribution in [0.1, 0.15) is 43.4 Å². The van der Waals surface area contributed by atoms with Crippen LogP contribution in [0.3, 0.4) is 0 Å². The van der Waals surface area contributed by atoms with Gasteiger partial charge in [-0.2, -0.15) is 0 Å². The van der Waals surface area contributed by atoms with Crippen LogP contribution in [-0.4, -0.2) is 19.2 Å². The van der Waals surface area contributed by atoms with E-state index in [0.717, 1.165) is 42.1 Å². The summed E-state index contributed by atoms with van der Waals surface area (Å²) in [6.07, 6.45) is 4.10. The summed E-state index contributed by atoms with van der Waals surface area (Å²) < 4.78 is 9.23. The van der Waals surface area contributed by atoms with E-state index in [4.69, 9.17) is 4.42 Å². The quantitative estimate of drug-likeness (QED) is 0.249.